The summed E-state index contributed by atoms with van der Waals surface area (Å²) >= 11 is 0. The van der Waals surface area contributed by atoms with Gasteiger partial charge >= 0.3 is 6.18 Å². The summed E-state index contributed by atoms with van der Waals surface area (Å²) in [5.74, 6) is -1.19. The minimum absolute atomic E-state index is 0.00955. The third-order valence-corrected chi connectivity index (χ3v) is 4.12. The Morgan fingerprint density at radius 2 is 2.04 bits per heavy atom. The highest BCUT2D eigenvalue weighted by Gasteiger charge is 2.40. The number of halogens is 3. The van der Waals surface area contributed by atoms with Gasteiger partial charge in [-0.3, -0.25) is 19.3 Å². The molecule has 0 radical (unpaired) electrons. The van der Waals surface area contributed by atoms with Gasteiger partial charge < -0.3 is 10.2 Å². The van der Waals surface area contributed by atoms with Gasteiger partial charge in [0.2, 0.25) is 11.8 Å². The van der Waals surface area contributed by atoms with E-state index in [1.165, 1.54) is 24.9 Å². The van der Waals surface area contributed by atoms with Gasteiger partial charge in [0, 0.05) is 17.8 Å². The van der Waals surface area contributed by atoms with Crippen LogP contribution in [0.2, 0.25) is 0 Å². The highest BCUT2D eigenvalue weighted by Crippen LogP contribution is 2.23. The first-order chi connectivity index (χ1) is 12.1. The van der Waals surface area contributed by atoms with E-state index in [0.717, 1.165) is 4.90 Å². The molecule has 2 rings (SSSR count). The molecule has 1 aromatic rings. The summed E-state index contributed by atoms with van der Waals surface area (Å²) in [6.07, 6.45) is -4.21. The Labute approximate surface area is 148 Å². The Hall–Kier alpha value is -2.42. The largest absolute Gasteiger partial charge is 0.406 e. The van der Waals surface area contributed by atoms with E-state index in [-0.39, 0.29) is 25.3 Å². The lowest BCUT2D eigenvalue weighted by Crippen LogP contribution is -2.44. The first-order valence-corrected chi connectivity index (χ1v) is 8.03. The van der Waals surface area contributed by atoms with Crippen molar-refractivity contribution in [2.75, 3.05) is 32.0 Å². The zero-order valence-electron chi connectivity index (χ0n) is 14.5. The molecule has 1 saturated heterocycles. The average molecular weight is 371 g/mol. The summed E-state index contributed by atoms with van der Waals surface area (Å²) in [6.45, 7) is -0.0104. The molecular formula is C17H20F3N3O3. The lowest BCUT2D eigenvalue weighted by molar-refractivity contribution is -0.159. The van der Waals surface area contributed by atoms with Crippen LogP contribution in [-0.4, -0.2) is 66.3 Å². The van der Waals surface area contributed by atoms with Gasteiger partial charge in [-0.15, -0.1) is 0 Å². The van der Waals surface area contributed by atoms with Gasteiger partial charge in [-0.1, -0.05) is 12.1 Å². The molecule has 1 atom stereocenters. The molecule has 26 heavy (non-hydrogen) atoms. The fraction of sp³-hybridized carbons (Fsp3) is 0.471. The summed E-state index contributed by atoms with van der Waals surface area (Å²) in [7, 11) is 1.52. The van der Waals surface area contributed by atoms with Crippen molar-refractivity contribution in [2.45, 2.75) is 25.6 Å². The van der Waals surface area contributed by atoms with Crippen molar-refractivity contribution in [2.24, 2.45) is 0 Å². The number of nitrogens with one attached hydrogen (secondary N) is 1. The smallest absolute Gasteiger partial charge is 0.332 e. The van der Waals surface area contributed by atoms with E-state index in [0.29, 0.717) is 11.3 Å². The molecule has 0 aliphatic carbocycles. The monoisotopic (exact) mass is 371 g/mol. The zero-order chi connectivity index (χ0) is 19.5. The molecule has 0 saturated carbocycles. The highest BCUT2D eigenvalue weighted by molar-refractivity contribution is 5.97. The molecular weight excluding hydrogens is 351 g/mol. The molecule has 9 heteroatoms. The van der Waals surface area contributed by atoms with E-state index in [1.807, 2.05) is 0 Å². The number of carbonyl (C=O) groups is 3. The van der Waals surface area contributed by atoms with Gasteiger partial charge in [-0.25, -0.2) is 0 Å². The molecule has 1 aliphatic rings. The Kier molecular flexibility index (Phi) is 6.01. The average Bonchev–Trinajstić information content (AvgIpc) is 2.86. The Bertz CT molecular complexity index is 706. The van der Waals surface area contributed by atoms with Crippen LogP contribution in [0.15, 0.2) is 24.3 Å². The van der Waals surface area contributed by atoms with E-state index in [4.69, 9.17) is 0 Å². The van der Waals surface area contributed by atoms with Crippen molar-refractivity contribution >= 4 is 23.3 Å². The molecule has 0 aromatic heterocycles. The van der Waals surface area contributed by atoms with Crippen LogP contribution in [0.3, 0.4) is 0 Å². The molecule has 1 fully saturated rings. The molecule has 0 spiro atoms. The molecule has 2 amide bonds. The maximum atomic E-state index is 12.5. The molecule has 6 nitrogen and oxygen atoms in total. The number of ketones is 1. The quantitative estimate of drug-likeness (QED) is 0.776. The number of anilines is 1. The number of likely N-dealkylation sites (N-methyl/N-ethyl adjacent to an activating group) is 1. The molecule has 1 heterocycles. The fourth-order valence-corrected chi connectivity index (χ4v) is 2.86. The number of carbonyl (C=O) groups excluding carboxylic acids is 3. The predicted octanol–water partition coefficient (Wildman–Crippen LogP) is 1.92. The van der Waals surface area contributed by atoms with Gasteiger partial charge in [-0.2, -0.15) is 13.2 Å². The summed E-state index contributed by atoms with van der Waals surface area (Å²) in [4.78, 5) is 37.8. The molecule has 1 N–H and O–H groups in total. The molecule has 1 unspecified atom stereocenters. The lowest BCUT2D eigenvalue weighted by atomic mass is 10.1. The maximum Gasteiger partial charge on any atom is 0.406 e. The third-order valence-electron chi connectivity index (χ3n) is 4.12. The maximum absolute atomic E-state index is 12.5. The van der Waals surface area contributed by atoms with Crippen molar-refractivity contribution in [3.63, 3.8) is 0 Å². The second-order valence-corrected chi connectivity index (χ2v) is 6.28. The van der Waals surface area contributed by atoms with E-state index >= 15 is 0 Å². The number of hydrogen-bond acceptors (Lipinski definition) is 4. The SMILES string of the molecule is CC(=O)c1cccc(NC(=O)CN(C)C2CCN(CC(F)(F)F)C2=O)c1. The Balaban J connectivity index is 1.92. The van der Waals surface area contributed by atoms with Crippen LogP contribution in [0.5, 0.6) is 0 Å². The zero-order valence-corrected chi connectivity index (χ0v) is 14.5. The van der Waals surface area contributed by atoms with E-state index in [2.05, 4.69) is 5.32 Å². The van der Waals surface area contributed by atoms with Gasteiger partial charge in [-0.05, 0) is 32.5 Å². The van der Waals surface area contributed by atoms with Crippen LogP contribution in [0.1, 0.15) is 23.7 Å². The van der Waals surface area contributed by atoms with Crippen LogP contribution in [0.4, 0.5) is 18.9 Å². The Morgan fingerprint density at radius 3 is 2.65 bits per heavy atom. The van der Waals surface area contributed by atoms with Gasteiger partial charge in [0.05, 0.1) is 12.6 Å². The van der Waals surface area contributed by atoms with E-state index in [9.17, 15) is 27.6 Å². The number of likely N-dealkylation sites (tertiary alicyclic amines) is 1. The van der Waals surface area contributed by atoms with Gasteiger partial charge in [0.15, 0.2) is 5.78 Å². The summed E-state index contributed by atoms with van der Waals surface area (Å²) in [6, 6.07) is 5.65. The number of rotatable bonds is 6. The minimum atomic E-state index is -4.44. The fourth-order valence-electron chi connectivity index (χ4n) is 2.86. The van der Waals surface area contributed by atoms with Crippen molar-refractivity contribution in [1.29, 1.82) is 0 Å². The second kappa shape index (κ2) is 7.86. The molecule has 142 valence electrons. The number of benzene rings is 1. The van der Waals surface area contributed by atoms with Gasteiger partial charge in [0.1, 0.15) is 6.54 Å². The normalized spacial score (nSPS) is 17.7. The number of amides is 2. The number of Topliss-reactive ketones (excluding diaryl/α,β-unsaturated/α-hetero) is 1. The summed E-state index contributed by atoms with van der Waals surface area (Å²) in [5.41, 5.74) is 0.887. The number of hydrogen-bond donors (Lipinski definition) is 1. The van der Waals surface area contributed by atoms with Crippen LogP contribution in [0.25, 0.3) is 0 Å². The van der Waals surface area contributed by atoms with Crippen LogP contribution in [-0.2, 0) is 9.59 Å². The van der Waals surface area contributed by atoms with Crippen LogP contribution < -0.4 is 5.32 Å². The van der Waals surface area contributed by atoms with Crippen molar-refractivity contribution in [3.8, 4) is 0 Å². The standard InChI is InChI=1S/C17H20F3N3O3/c1-11(24)12-4-3-5-13(8-12)21-15(25)9-22(2)14-6-7-23(16(14)26)10-17(18,19)20/h3-5,8,14H,6-7,9-10H2,1-2H3,(H,21,25). The minimum Gasteiger partial charge on any atom is -0.332 e. The first kappa shape index (κ1) is 19.9. The topological polar surface area (TPSA) is 69.7 Å². The molecule has 1 aliphatic heterocycles. The van der Waals surface area contributed by atoms with E-state index < -0.39 is 30.6 Å². The Morgan fingerprint density at radius 1 is 1.35 bits per heavy atom. The predicted molar refractivity (Wildman–Crippen MR) is 88.7 cm³/mol. The van der Waals surface area contributed by atoms with Crippen LogP contribution in [0, 0.1) is 0 Å². The van der Waals surface area contributed by atoms with Gasteiger partial charge in [0.25, 0.3) is 0 Å². The lowest BCUT2D eigenvalue weighted by Gasteiger charge is -2.23. The van der Waals surface area contributed by atoms with Crippen molar-refractivity contribution in [3.05, 3.63) is 29.8 Å². The summed E-state index contributed by atoms with van der Waals surface area (Å²) < 4.78 is 37.4. The summed E-state index contributed by atoms with van der Waals surface area (Å²) in [5, 5.41) is 2.62. The van der Waals surface area contributed by atoms with Crippen molar-refractivity contribution in [1.82, 2.24) is 9.80 Å². The van der Waals surface area contributed by atoms with E-state index in [1.54, 1.807) is 18.2 Å². The second-order valence-electron chi connectivity index (χ2n) is 6.28. The molecule has 0 bridgehead atoms. The number of alkyl halides is 3. The van der Waals surface area contributed by atoms with Crippen molar-refractivity contribution < 1.29 is 27.6 Å². The highest BCUT2D eigenvalue weighted by atomic mass is 19.4. The van der Waals surface area contributed by atoms with Crippen LogP contribution >= 0.6 is 0 Å². The first-order valence-electron chi connectivity index (χ1n) is 8.03. The third kappa shape index (κ3) is 5.29. The number of nitrogens with zero attached hydrogens (tertiary/aromatic N) is 2. The molecule has 1 aromatic carbocycles.